The Morgan fingerprint density at radius 2 is 2.06 bits per heavy atom. The summed E-state index contributed by atoms with van der Waals surface area (Å²) in [6.07, 6.45) is -3.13. The average Bonchev–Trinajstić information content (AvgIpc) is 2.63. The summed E-state index contributed by atoms with van der Waals surface area (Å²) < 4.78 is 47.2. The van der Waals surface area contributed by atoms with Gasteiger partial charge in [0.2, 0.25) is 0 Å². The molecule has 0 saturated heterocycles. The van der Waals surface area contributed by atoms with Gasteiger partial charge < -0.3 is 9.15 Å². The fourth-order valence-electron chi connectivity index (χ4n) is 1.22. The molecule has 1 aromatic carbocycles. The van der Waals surface area contributed by atoms with Crippen molar-refractivity contribution in [1.29, 1.82) is 0 Å². The molecule has 0 N–H and O–H groups in total. The topological polar surface area (TPSA) is 35.3 Å². The summed E-state index contributed by atoms with van der Waals surface area (Å²) in [7, 11) is 0. The van der Waals surface area contributed by atoms with Crippen LogP contribution in [-0.4, -0.2) is 4.98 Å². The van der Waals surface area contributed by atoms with Crippen LogP contribution in [-0.2, 0) is 6.18 Å². The summed E-state index contributed by atoms with van der Waals surface area (Å²) in [5.41, 5.74) is -0.190. The minimum absolute atomic E-state index is 0.0293. The highest BCUT2D eigenvalue weighted by molar-refractivity contribution is 5.31. The van der Waals surface area contributed by atoms with Crippen LogP contribution in [0.2, 0.25) is 0 Å². The molecule has 0 fully saturated rings. The molecule has 3 nitrogen and oxygen atoms in total. The van der Waals surface area contributed by atoms with Crippen molar-refractivity contribution < 1.29 is 22.3 Å². The van der Waals surface area contributed by atoms with E-state index >= 15 is 0 Å². The number of hydrogen-bond donors (Lipinski definition) is 0. The number of ether oxygens (including phenoxy) is 1. The Balaban J connectivity index is 2.22. The van der Waals surface area contributed by atoms with Gasteiger partial charge in [0, 0.05) is 0 Å². The number of aryl methyl sites for hydroxylation is 1. The predicted octanol–water partition coefficient (Wildman–Crippen LogP) is 3.79. The van der Waals surface area contributed by atoms with Crippen molar-refractivity contribution in [1.82, 2.24) is 4.98 Å². The van der Waals surface area contributed by atoms with Gasteiger partial charge >= 0.3 is 12.3 Å². The van der Waals surface area contributed by atoms with Crippen molar-refractivity contribution in [2.45, 2.75) is 13.1 Å². The van der Waals surface area contributed by atoms with Crippen LogP contribution in [0.3, 0.4) is 0 Å². The van der Waals surface area contributed by atoms with E-state index in [9.17, 15) is 13.2 Å². The molecule has 0 amide bonds. The summed E-state index contributed by atoms with van der Waals surface area (Å²) in [4.78, 5) is 3.83. The third kappa shape index (κ3) is 2.77. The maximum absolute atomic E-state index is 12.4. The van der Waals surface area contributed by atoms with E-state index in [0.717, 1.165) is 12.1 Å². The second-order valence-electron chi connectivity index (χ2n) is 3.38. The number of hydrogen-bond acceptors (Lipinski definition) is 3. The van der Waals surface area contributed by atoms with E-state index in [-0.39, 0.29) is 11.8 Å². The third-order valence-electron chi connectivity index (χ3n) is 1.96. The zero-order valence-electron chi connectivity index (χ0n) is 8.78. The first-order chi connectivity index (χ1) is 7.95. The first-order valence-electron chi connectivity index (χ1n) is 4.72. The zero-order valence-corrected chi connectivity index (χ0v) is 8.78. The highest BCUT2D eigenvalue weighted by Crippen LogP contribution is 2.32. The van der Waals surface area contributed by atoms with Gasteiger partial charge in [0.1, 0.15) is 12.0 Å². The van der Waals surface area contributed by atoms with E-state index in [2.05, 4.69) is 4.98 Å². The second kappa shape index (κ2) is 4.12. The quantitative estimate of drug-likeness (QED) is 0.804. The largest absolute Gasteiger partial charge is 0.417 e. The molecule has 17 heavy (non-hydrogen) atoms. The SMILES string of the molecule is Cc1coc(Oc2cccc(C(F)(F)F)c2)n1. The maximum Gasteiger partial charge on any atom is 0.416 e. The smallest absolute Gasteiger partial charge is 0.416 e. The van der Waals surface area contributed by atoms with Gasteiger partial charge in [-0.3, -0.25) is 0 Å². The number of rotatable bonds is 2. The molecule has 0 aliphatic carbocycles. The van der Waals surface area contributed by atoms with E-state index in [1.165, 1.54) is 18.4 Å². The highest BCUT2D eigenvalue weighted by atomic mass is 19.4. The molecule has 0 radical (unpaired) electrons. The van der Waals surface area contributed by atoms with Gasteiger partial charge in [-0.1, -0.05) is 6.07 Å². The van der Waals surface area contributed by atoms with Crippen molar-refractivity contribution in [3.8, 4) is 11.8 Å². The van der Waals surface area contributed by atoms with Crippen molar-refractivity contribution >= 4 is 0 Å². The van der Waals surface area contributed by atoms with Crippen LogP contribution >= 0.6 is 0 Å². The zero-order chi connectivity index (χ0) is 12.5. The van der Waals surface area contributed by atoms with E-state index < -0.39 is 11.7 Å². The average molecular weight is 243 g/mol. The summed E-state index contributed by atoms with van der Waals surface area (Å²) in [5, 5.41) is 0. The predicted molar refractivity (Wildman–Crippen MR) is 52.8 cm³/mol. The molecule has 2 aromatic rings. The lowest BCUT2D eigenvalue weighted by atomic mass is 10.2. The molecule has 0 aliphatic rings. The van der Waals surface area contributed by atoms with Gasteiger partial charge in [-0.2, -0.15) is 18.2 Å². The summed E-state index contributed by atoms with van der Waals surface area (Å²) in [5.74, 6) is 0.0293. The normalized spacial score (nSPS) is 11.5. The number of nitrogens with zero attached hydrogens (tertiary/aromatic N) is 1. The molecule has 0 atom stereocenters. The number of oxazole rings is 1. The minimum atomic E-state index is -4.40. The van der Waals surface area contributed by atoms with Crippen LogP contribution in [0.25, 0.3) is 0 Å². The molecule has 0 unspecified atom stereocenters. The molecule has 1 aromatic heterocycles. The van der Waals surface area contributed by atoms with Crippen LogP contribution in [0.1, 0.15) is 11.3 Å². The number of aromatic nitrogens is 1. The summed E-state index contributed by atoms with van der Waals surface area (Å²) in [6.45, 7) is 1.68. The van der Waals surface area contributed by atoms with Crippen molar-refractivity contribution in [2.75, 3.05) is 0 Å². The summed E-state index contributed by atoms with van der Waals surface area (Å²) in [6, 6.07) is 4.51. The van der Waals surface area contributed by atoms with Gasteiger partial charge in [-0.15, -0.1) is 0 Å². The van der Waals surface area contributed by atoms with E-state index in [1.807, 2.05) is 0 Å². The fraction of sp³-hybridized carbons (Fsp3) is 0.182. The fourth-order valence-corrected chi connectivity index (χ4v) is 1.22. The molecule has 90 valence electrons. The Kier molecular flexibility index (Phi) is 2.79. The molecular formula is C11H8F3NO2. The van der Waals surface area contributed by atoms with Gasteiger partial charge in [-0.05, 0) is 25.1 Å². The molecule has 1 heterocycles. The first-order valence-corrected chi connectivity index (χ1v) is 4.72. The van der Waals surface area contributed by atoms with Crippen molar-refractivity contribution in [2.24, 2.45) is 0 Å². The molecule has 0 bridgehead atoms. The van der Waals surface area contributed by atoms with Crippen LogP contribution in [0, 0.1) is 6.92 Å². The van der Waals surface area contributed by atoms with Gasteiger partial charge in [0.15, 0.2) is 0 Å². The third-order valence-corrected chi connectivity index (χ3v) is 1.96. The molecule has 6 heteroatoms. The lowest BCUT2D eigenvalue weighted by Crippen LogP contribution is -2.04. The first kappa shape index (κ1) is 11.5. The van der Waals surface area contributed by atoms with Gasteiger partial charge in [0.25, 0.3) is 0 Å². The molecule has 0 aliphatic heterocycles. The van der Waals surface area contributed by atoms with Crippen molar-refractivity contribution in [3.05, 3.63) is 41.8 Å². The molecular weight excluding hydrogens is 235 g/mol. The van der Waals surface area contributed by atoms with Crippen LogP contribution in [0.4, 0.5) is 13.2 Å². The Hall–Kier alpha value is -1.98. The number of alkyl halides is 3. The van der Waals surface area contributed by atoms with Gasteiger partial charge in [0.05, 0.1) is 11.3 Å². The van der Waals surface area contributed by atoms with Crippen LogP contribution in [0.15, 0.2) is 34.9 Å². The summed E-state index contributed by atoms with van der Waals surface area (Å²) >= 11 is 0. The minimum Gasteiger partial charge on any atom is -0.417 e. The molecule has 0 spiro atoms. The standard InChI is InChI=1S/C11H8F3NO2/c1-7-6-16-10(15-7)17-9-4-2-3-8(5-9)11(12,13)14/h2-6H,1H3. The highest BCUT2D eigenvalue weighted by Gasteiger charge is 2.30. The van der Waals surface area contributed by atoms with E-state index in [4.69, 9.17) is 9.15 Å². The number of benzene rings is 1. The Morgan fingerprint density at radius 1 is 1.29 bits per heavy atom. The van der Waals surface area contributed by atoms with Crippen LogP contribution < -0.4 is 4.74 Å². The second-order valence-corrected chi connectivity index (χ2v) is 3.38. The lowest BCUT2D eigenvalue weighted by molar-refractivity contribution is -0.137. The Labute approximate surface area is 94.8 Å². The molecule has 2 rings (SSSR count). The molecule has 0 saturated carbocycles. The number of halogens is 3. The monoisotopic (exact) mass is 243 g/mol. The lowest BCUT2D eigenvalue weighted by Gasteiger charge is -2.07. The maximum atomic E-state index is 12.4. The van der Waals surface area contributed by atoms with Crippen molar-refractivity contribution in [3.63, 3.8) is 0 Å². The van der Waals surface area contributed by atoms with Crippen LogP contribution in [0.5, 0.6) is 11.8 Å². The Bertz CT molecular complexity index is 519. The van der Waals surface area contributed by atoms with Gasteiger partial charge in [-0.25, -0.2) is 0 Å². The van der Waals surface area contributed by atoms with E-state index in [0.29, 0.717) is 5.69 Å². The Morgan fingerprint density at radius 3 is 2.65 bits per heavy atom. The van der Waals surface area contributed by atoms with E-state index in [1.54, 1.807) is 6.92 Å².